The van der Waals surface area contributed by atoms with Crippen LogP contribution in [0.25, 0.3) is 10.2 Å². The van der Waals surface area contributed by atoms with Gasteiger partial charge in [0.2, 0.25) is 11.8 Å². The molecule has 0 amide bonds. The Morgan fingerprint density at radius 2 is 1.85 bits per heavy atom. The summed E-state index contributed by atoms with van der Waals surface area (Å²) < 4.78 is 24.9. The highest BCUT2D eigenvalue weighted by molar-refractivity contribution is 7.18. The van der Waals surface area contributed by atoms with Crippen LogP contribution in [-0.4, -0.2) is 26.3 Å². The first kappa shape index (κ1) is 17.1. The number of carboxylic acid groups (broad SMARTS) is 1. The molecule has 2 aromatic heterocycles. The Kier molecular flexibility index (Phi) is 4.51. The third kappa shape index (κ3) is 4.09. The van der Waals surface area contributed by atoms with Crippen LogP contribution in [0.3, 0.4) is 0 Å². The summed E-state index contributed by atoms with van der Waals surface area (Å²) in [5.74, 6) is 0.182. The topological polar surface area (TPSA) is 98.3 Å². The van der Waals surface area contributed by atoms with Gasteiger partial charge in [-0.05, 0) is 36.4 Å². The zero-order chi connectivity index (χ0) is 18.8. The van der Waals surface area contributed by atoms with E-state index in [0.29, 0.717) is 23.8 Å². The molecule has 0 aliphatic carbocycles. The second kappa shape index (κ2) is 7.12. The second-order valence-electron chi connectivity index (χ2n) is 5.63. The average molecular weight is 385 g/mol. The number of nitrogens with zero attached hydrogens (tertiary/aromatic N) is 3. The molecule has 1 N–H and O–H groups in total. The molecule has 7 nitrogen and oxygen atoms in total. The van der Waals surface area contributed by atoms with Crippen LogP contribution in [0.5, 0.6) is 11.5 Å². The number of aromatic nitrogens is 3. The molecule has 0 spiro atoms. The van der Waals surface area contributed by atoms with E-state index in [1.54, 1.807) is 18.2 Å². The molecule has 0 saturated heterocycles. The van der Waals surface area contributed by atoms with E-state index in [1.165, 1.54) is 23.5 Å². The first-order valence-electron chi connectivity index (χ1n) is 7.91. The lowest BCUT2D eigenvalue weighted by atomic mass is 10.3. The predicted molar refractivity (Wildman–Crippen MR) is 94.5 cm³/mol. The Morgan fingerprint density at radius 1 is 1.11 bits per heavy atom. The molecule has 0 aliphatic rings. The third-order valence-corrected chi connectivity index (χ3v) is 4.59. The minimum absolute atomic E-state index is 0.0635. The number of hydrogen-bond donors (Lipinski definition) is 1. The fraction of sp³-hybridized carbons (Fsp3) is 0.111. The summed E-state index contributed by atoms with van der Waals surface area (Å²) in [5.41, 5.74) is 0.798. The van der Waals surface area contributed by atoms with Crippen LogP contribution in [0.2, 0.25) is 0 Å². The normalized spacial score (nSPS) is 11.0. The lowest BCUT2D eigenvalue weighted by molar-refractivity contribution is -0.136. The van der Waals surface area contributed by atoms with Gasteiger partial charge in [0.15, 0.2) is 0 Å². The van der Waals surface area contributed by atoms with E-state index in [9.17, 15) is 9.18 Å². The summed E-state index contributed by atoms with van der Waals surface area (Å²) in [5, 5.41) is 17.0. The second-order valence-corrected chi connectivity index (χ2v) is 6.75. The molecule has 0 bridgehead atoms. The smallest absolute Gasteiger partial charge is 0.312 e. The Hall–Kier alpha value is -3.33. The maximum Gasteiger partial charge on any atom is 0.312 e. The van der Waals surface area contributed by atoms with E-state index in [-0.39, 0.29) is 18.1 Å². The zero-order valence-electron chi connectivity index (χ0n) is 13.8. The van der Waals surface area contributed by atoms with Crippen molar-refractivity contribution in [3.63, 3.8) is 0 Å². The van der Waals surface area contributed by atoms with Gasteiger partial charge in [0, 0.05) is 6.07 Å². The Labute approximate surface area is 156 Å². The minimum atomic E-state index is -1.03. The van der Waals surface area contributed by atoms with Gasteiger partial charge in [0.05, 0.1) is 16.6 Å². The summed E-state index contributed by atoms with van der Waals surface area (Å²) in [7, 11) is 0. The van der Waals surface area contributed by atoms with E-state index in [1.807, 2.05) is 12.1 Å². The molecule has 9 heteroatoms. The van der Waals surface area contributed by atoms with Crippen molar-refractivity contribution in [1.29, 1.82) is 0 Å². The Morgan fingerprint density at radius 3 is 2.63 bits per heavy atom. The first-order valence-corrected chi connectivity index (χ1v) is 8.73. The van der Waals surface area contributed by atoms with Crippen LogP contribution in [0, 0.1) is 5.82 Å². The SMILES string of the molecule is O=C(O)Cc1nnc(Cc2nc3ccc(Oc4ccc(F)cc4)cc3s2)o1. The molecule has 0 fully saturated rings. The summed E-state index contributed by atoms with van der Waals surface area (Å²) in [6.07, 6.45) is 0.0110. The number of halogens is 1. The standard InChI is InChI=1S/C18H12FN3O4S/c19-10-1-3-11(4-2-10)25-12-5-6-13-14(7-12)27-17(20-13)8-15-21-22-16(26-15)9-18(23)24/h1-7H,8-9H2,(H,23,24). The Bertz CT molecular complexity index is 1110. The molecular weight excluding hydrogens is 373 g/mol. The van der Waals surface area contributed by atoms with E-state index >= 15 is 0 Å². The number of carbonyl (C=O) groups is 1. The van der Waals surface area contributed by atoms with Gasteiger partial charge < -0.3 is 14.3 Å². The van der Waals surface area contributed by atoms with Gasteiger partial charge in [-0.2, -0.15) is 0 Å². The first-order chi connectivity index (χ1) is 13.0. The van der Waals surface area contributed by atoms with Crippen molar-refractivity contribution in [1.82, 2.24) is 15.2 Å². The van der Waals surface area contributed by atoms with Crippen LogP contribution in [0.1, 0.15) is 16.8 Å². The molecule has 2 aromatic carbocycles. The van der Waals surface area contributed by atoms with E-state index in [0.717, 1.165) is 15.2 Å². The number of carboxylic acids is 1. The lowest BCUT2D eigenvalue weighted by Gasteiger charge is -2.04. The van der Waals surface area contributed by atoms with Crippen LogP contribution in [0.15, 0.2) is 46.9 Å². The van der Waals surface area contributed by atoms with Crippen LogP contribution >= 0.6 is 11.3 Å². The molecule has 0 radical (unpaired) electrons. The van der Waals surface area contributed by atoms with Gasteiger partial charge in [-0.25, -0.2) is 9.37 Å². The number of aliphatic carboxylic acids is 1. The molecule has 136 valence electrons. The minimum Gasteiger partial charge on any atom is -0.481 e. The van der Waals surface area contributed by atoms with Crippen molar-refractivity contribution in [3.05, 3.63) is 65.1 Å². The largest absolute Gasteiger partial charge is 0.481 e. The number of fused-ring (bicyclic) bond motifs is 1. The summed E-state index contributed by atoms with van der Waals surface area (Å²) >= 11 is 1.45. The van der Waals surface area contributed by atoms with Gasteiger partial charge >= 0.3 is 5.97 Å². The van der Waals surface area contributed by atoms with Crippen LogP contribution < -0.4 is 4.74 Å². The van der Waals surface area contributed by atoms with Crippen LogP contribution in [-0.2, 0) is 17.6 Å². The maximum absolute atomic E-state index is 13.0. The molecular formula is C18H12FN3O4S. The van der Waals surface area contributed by atoms with Gasteiger partial charge in [0.1, 0.15) is 28.7 Å². The number of ether oxygens (including phenoxy) is 1. The molecule has 4 rings (SSSR count). The number of rotatable bonds is 6. The van der Waals surface area contributed by atoms with Crippen molar-refractivity contribution < 1.29 is 23.4 Å². The number of benzene rings is 2. The van der Waals surface area contributed by atoms with E-state index in [2.05, 4.69) is 15.2 Å². The maximum atomic E-state index is 13.0. The van der Waals surface area contributed by atoms with Crippen molar-refractivity contribution in [2.24, 2.45) is 0 Å². The monoisotopic (exact) mass is 385 g/mol. The van der Waals surface area contributed by atoms with Gasteiger partial charge in [-0.3, -0.25) is 4.79 Å². The third-order valence-electron chi connectivity index (χ3n) is 3.57. The molecule has 4 aromatic rings. The Balaban J connectivity index is 1.51. The number of hydrogen-bond acceptors (Lipinski definition) is 7. The predicted octanol–water partition coefficient (Wildman–Crippen LogP) is 3.83. The van der Waals surface area contributed by atoms with E-state index in [4.69, 9.17) is 14.3 Å². The van der Waals surface area contributed by atoms with Gasteiger partial charge in [-0.15, -0.1) is 21.5 Å². The quantitative estimate of drug-likeness (QED) is 0.538. The van der Waals surface area contributed by atoms with Gasteiger partial charge in [-0.1, -0.05) is 0 Å². The van der Waals surface area contributed by atoms with Gasteiger partial charge in [0.25, 0.3) is 0 Å². The highest BCUT2D eigenvalue weighted by Crippen LogP contribution is 2.30. The number of thiazole rings is 1. The van der Waals surface area contributed by atoms with Crippen molar-refractivity contribution in [2.75, 3.05) is 0 Å². The van der Waals surface area contributed by atoms with Crippen molar-refractivity contribution >= 4 is 27.5 Å². The summed E-state index contributed by atoms with van der Waals surface area (Å²) in [4.78, 5) is 15.2. The fourth-order valence-corrected chi connectivity index (χ4v) is 3.41. The molecule has 0 unspecified atom stereocenters. The highest BCUT2D eigenvalue weighted by Gasteiger charge is 2.13. The average Bonchev–Trinajstić information content (AvgIpc) is 3.22. The lowest BCUT2D eigenvalue weighted by Crippen LogP contribution is -1.99. The summed E-state index contributed by atoms with van der Waals surface area (Å²) in [6.45, 7) is 0. The molecule has 0 aliphatic heterocycles. The van der Waals surface area contributed by atoms with E-state index < -0.39 is 5.97 Å². The molecule has 0 saturated carbocycles. The highest BCUT2D eigenvalue weighted by atomic mass is 32.1. The molecule has 2 heterocycles. The van der Waals surface area contributed by atoms with Crippen LogP contribution in [0.4, 0.5) is 4.39 Å². The van der Waals surface area contributed by atoms with Crippen molar-refractivity contribution in [2.45, 2.75) is 12.8 Å². The zero-order valence-corrected chi connectivity index (χ0v) is 14.6. The fourth-order valence-electron chi connectivity index (χ4n) is 2.42. The summed E-state index contributed by atoms with van der Waals surface area (Å²) in [6, 6.07) is 11.3. The molecule has 27 heavy (non-hydrogen) atoms. The van der Waals surface area contributed by atoms with Crippen molar-refractivity contribution in [3.8, 4) is 11.5 Å². The molecule has 0 atom stereocenters.